The van der Waals surface area contributed by atoms with Crippen molar-refractivity contribution in [1.29, 1.82) is 0 Å². The molecular weight excluding hydrogens is 248 g/mol. The average molecular weight is 258 g/mol. The second-order valence-corrected chi connectivity index (χ2v) is 4.76. The summed E-state index contributed by atoms with van der Waals surface area (Å²) in [5.41, 5.74) is 1.68. The molecule has 3 heterocycles. The van der Waals surface area contributed by atoms with Crippen molar-refractivity contribution in [1.82, 2.24) is 14.5 Å². The molecular formula is C12H10N4OS. The highest BCUT2D eigenvalue weighted by molar-refractivity contribution is 7.17. The standard InChI is InChI=1S/C12H10N4OS/c1-16-8-3-5-18-10(8)6-9(16)12(17)15-11-2-4-13-7-14-11/h2-7H,1H3,(H,13,14,15,17). The van der Waals surface area contributed by atoms with E-state index in [1.165, 1.54) is 6.33 Å². The summed E-state index contributed by atoms with van der Waals surface area (Å²) in [5.74, 6) is 0.333. The Morgan fingerprint density at radius 1 is 1.44 bits per heavy atom. The van der Waals surface area contributed by atoms with Gasteiger partial charge in [-0.2, -0.15) is 0 Å². The second kappa shape index (κ2) is 4.23. The van der Waals surface area contributed by atoms with Gasteiger partial charge in [-0.1, -0.05) is 0 Å². The lowest BCUT2D eigenvalue weighted by atomic mass is 10.4. The van der Waals surface area contributed by atoms with Crippen LogP contribution in [-0.2, 0) is 7.05 Å². The van der Waals surface area contributed by atoms with Gasteiger partial charge in [0.25, 0.3) is 5.91 Å². The highest BCUT2D eigenvalue weighted by Crippen LogP contribution is 2.24. The van der Waals surface area contributed by atoms with Gasteiger partial charge in [0.15, 0.2) is 0 Å². The van der Waals surface area contributed by atoms with Crippen LogP contribution >= 0.6 is 11.3 Å². The fourth-order valence-electron chi connectivity index (χ4n) is 1.81. The number of nitrogens with one attached hydrogen (secondary N) is 1. The van der Waals surface area contributed by atoms with Crippen LogP contribution in [0.1, 0.15) is 10.5 Å². The van der Waals surface area contributed by atoms with Gasteiger partial charge in [0.1, 0.15) is 17.8 Å². The van der Waals surface area contributed by atoms with Crippen molar-refractivity contribution < 1.29 is 4.79 Å². The predicted molar refractivity (Wildman–Crippen MR) is 70.8 cm³/mol. The lowest BCUT2D eigenvalue weighted by Crippen LogP contribution is -2.16. The van der Waals surface area contributed by atoms with Crippen LogP contribution in [0.25, 0.3) is 10.2 Å². The van der Waals surface area contributed by atoms with E-state index < -0.39 is 0 Å². The second-order valence-electron chi connectivity index (χ2n) is 3.81. The van der Waals surface area contributed by atoms with Crippen molar-refractivity contribution >= 4 is 33.3 Å². The number of carbonyl (C=O) groups excluding carboxylic acids is 1. The number of fused-ring (bicyclic) bond motifs is 1. The highest BCUT2D eigenvalue weighted by atomic mass is 32.1. The van der Waals surface area contributed by atoms with Crippen LogP contribution in [0.3, 0.4) is 0 Å². The molecule has 3 aromatic heterocycles. The predicted octanol–water partition coefficient (Wildman–Crippen LogP) is 2.28. The number of hydrogen-bond donors (Lipinski definition) is 1. The van der Waals surface area contributed by atoms with Gasteiger partial charge in [-0.15, -0.1) is 11.3 Å². The Balaban J connectivity index is 1.92. The molecule has 5 nitrogen and oxygen atoms in total. The summed E-state index contributed by atoms with van der Waals surface area (Å²) in [5, 5.41) is 4.75. The van der Waals surface area contributed by atoms with Crippen LogP contribution < -0.4 is 5.32 Å². The summed E-state index contributed by atoms with van der Waals surface area (Å²) in [7, 11) is 1.88. The Kier molecular flexibility index (Phi) is 2.56. The zero-order valence-electron chi connectivity index (χ0n) is 9.62. The summed E-state index contributed by atoms with van der Waals surface area (Å²) < 4.78 is 2.98. The van der Waals surface area contributed by atoms with Gasteiger partial charge in [-0.25, -0.2) is 9.97 Å². The summed E-state index contributed by atoms with van der Waals surface area (Å²) in [4.78, 5) is 19.9. The third kappa shape index (κ3) is 1.76. The van der Waals surface area contributed by atoms with E-state index in [0.29, 0.717) is 11.5 Å². The largest absolute Gasteiger partial charge is 0.339 e. The summed E-state index contributed by atoms with van der Waals surface area (Å²) in [6.45, 7) is 0. The Morgan fingerprint density at radius 2 is 2.33 bits per heavy atom. The van der Waals surface area contributed by atoms with Crippen molar-refractivity contribution in [2.75, 3.05) is 5.32 Å². The molecule has 18 heavy (non-hydrogen) atoms. The fourth-order valence-corrected chi connectivity index (χ4v) is 2.66. The number of aromatic nitrogens is 3. The van der Waals surface area contributed by atoms with Gasteiger partial charge in [-0.3, -0.25) is 4.79 Å². The van der Waals surface area contributed by atoms with Gasteiger partial charge >= 0.3 is 0 Å². The number of nitrogens with zero attached hydrogens (tertiary/aromatic N) is 3. The SMILES string of the molecule is Cn1c(C(=O)Nc2ccncn2)cc2sccc21. The molecule has 0 fully saturated rings. The van der Waals surface area contributed by atoms with E-state index in [1.807, 2.05) is 29.1 Å². The van der Waals surface area contributed by atoms with Gasteiger partial charge in [0.2, 0.25) is 0 Å². The molecule has 0 spiro atoms. The lowest BCUT2D eigenvalue weighted by Gasteiger charge is -2.04. The smallest absolute Gasteiger partial charge is 0.273 e. The number of amides is 1. The van der Waals surface area contributed by atoms with E-state index >= 15 is 0 Å². The van der Waals surface area contributed by atoms with Crippen molar-refractivity contribution in [3.63, 3.8) is 0 Å². The monoisotopic (exact) mass is 258 g/mol. The van der Waals surface area contributed by atoms with Crippen LogP contribution in [0.15, 0.2) is 36.1 Å². The summed E-state index contributed by atoms with van der Waals surface area (Å²) in [6.07, 6.45) is 2.99. The molecule has 1 N–H and O–H groups in total. The molecule has 0 aromatic carbocycles. The molecule has 0 atom stereocenters. The molecule has 0 aliphatic heterocycles. The number of thiophene rings is 1. The maximum atomic E-state index is 12.1. The fraction of sp³-hybridized carbons (Fsp3) is 0.0833. The van der Waals surface area contributed by atoms with E-state index in [1.54, 1.807) is 23.6 Å². The minimum Gasteiger partial charge on any atom is -0.339 e. The number of carbonyl (C=O) groups is 1. The molecule has 1 amide bonds. The number of rotatable bonds is 2. The Hall–Kier alpha value is -2.21. The third-order valence-electron chi connectivity index (χ3n) is 2.72. The van der Waals surface area contributed by atoms with Gasteiger partial charge in [-0.05, 0) is 23.6 Å². The van der Waals surface area contributed by atoms with Crippen molar-refractivity contribution in [3.8, 4) is 0 Å². The minimum absolute atomic E-state index is 0.167. The molecule has 0 bridgehead atoms. The maximum Gasteiger partial charge on any atom is 0.273 e. The van der Waals surface area contributed by atoms with Gasteiger partial charge in [0.05, 0.1) is 10.2 Å². The van der Waals surface area contributed by atoms with E-state index in [9.17, 15) is 4.79 Å². The molecule has 0 saturated heterocycles. The number of anilines is 1. The summed E-state index contributed by atoms with van der Waals surface area (Å²) in [6, 6.07) is 5.54. The first-order valence-electron chi connectivity index (χ1n) is 5.36. The molecule has 6 heteroatoms. The van der Waals surface area contributed by atoms with Crippen LogP contribution in [0.5, 0.6) is 0 Å². The van der Waals surface area contributed by atoms with Crippen molar-refractivity contribution in [2.45, 2.75) is 0 Å². The molecule has 3 rings (SSSR count). The zero-order chi connectivity index (χ0) is 12.5. The van der Waals surface area contributed by atoms with E-state index in [0.717, 1.165) is 10.2 Å². The van der Waals surface area contributed by atoms with Crippen molar-refractivity contribution in [3.05, 3.63) is 41.8 Å². The van der Waals surface area contributed by atoms with Crippen LogP contribution in [-0.4, -0.2) is 20.4 Å². The number of hydrogen-bond acceptors (Lipinski definition) is 4. The van der Waals surface area contributed by atoms with Crippen LogP contribution in [0, 0.1) is 0 Å². The first-order valence-corrected chi connectivity index (χ1v) is 6.24. The quantitative estimate of drug-likeness (QED) is 0.767. The van der Waals surface area contributed by atoms with E-state index in [2.05, 4.69) is 15.3 Å². The topological polar surface area (TPSA) is 59.8 Å². The molecule has 0 unspecified atom stereocenters. The third-order valence-corrected chi connectivity index (χ3v) is 3.57. The minimum atomic E-state index is -0.167. The normalized spacial score (nSPS) is 10.7. The molecule has 3 aromatic rings. The lowest BCUT2D eigenvalue weighted by molar-refractivity contribution is 0.101. The van der Waals surface area contributed by atoms with Crippen LogP contribution in [0.4, 0.5) is 5.82 Å². The molecule has 90 valence electrons. The zero-order valence-corrected chi connectivity index (χ0v) is 10.4. The van der Waals surface area contributed by atoms with Gasteiger partial charge < -0.3 is 9.88 Å². The molecule has 0 aliphatic carbocycles. The molecule has 0 radical (unpaired) electrons. The molecule has 0 saturated carbocycles. The van der Waals surface area contributed by atoms with E-state index in [-0.39, 0.29) is 5.91 Å². The first kappa shape index (κ1) is 10.9. The first-order chi connectivity index (χ1) is 8.75. The Bertz CT molecular complexity index is 701. The van der Waals surface area contributed by atoms with Gasteiger partial charge in [0, 0.05) is 13.2 Å². The molecule has 0 aliphatic rings. The highest BCUT2D eigenvalue weighted by Gasteiger charge is 2.14. The Labute approximate surface area is 107 Å². The van der Waals surface area contributed by atoms with Crippen molar-refractivity contribution in [2.24, 2.45) is 7.05 Å². The maximum absolute atomic E-state index is 12.1. The number of aryl methyl sites for hydroxylation is 1. The Morgan fingerprint density at radius 3 is 3.06 bits per heavy atom. The summed E-state index contributed by atoms with van der Waals surface area (Å²) >= 11 is 1.62. The van der Waals surface area contributed by atoms with E-state index in [4.69, 9.17) is 0 Å². The van der Waals surface area contributed by atoms with Crippen LogP contribution in [0.2, 0.25) is 0 Å². The average Bonchev–Trinajstić information content (AvgIpc) is 2.94.